The molecular formula is C16H20N2O4S. The third-order valence-corrected chi connectivity index (χ3v) is 5.16. The first kappa shape index (κ1) is 16.1. The van der Waals surface area contributed by atoms with Crippen molar-refractivity contribution in [2.45, 2.75) is 12.0 Å². The summed E-state index contributed by atoms with van der Waals surface area (Å²) < 4.78 is 11.0. The monoisotopic (exact) mass is 336 g/mol. The third-order valence-electron chi connectivity index (χ3n) is 3.97. The first-order chi connectivity index (χ1) is 11.2. The summed E-state index contributed by atoms with van der Waals surface area (Å²) in [6, 6.07) is 9.20. The van der Waals surface area contributed by atoms with Crippen molar-refractivity contribution in [1.82, 2.24) is 10.2 Å². The maximum atomic E-state index is 12.4. The molecule has 1 N–H and O–H groups in total. The van der Waals surface area contributed by atoms with Gasteiger partial charge in [0.05, 0.1) is 19.8 Å². The van der Waals surface area contributed by atoms with Gasteiger partial charge >= 0.3 is 6.03 Å². The quantitative estimate of drug-likeness (QED) is 0.604. The molecule has 23 heavy (non-hydrogen) atoms. The van der Waals surface area contributed by atoms with Crippen molar-refractivity contribution in [3.8, 4) is 5.75 Å². The highest BCUT2D eigenvalue weighted by molar-refractivity contribution is 7.99. The van der Waals surface area contributed by atoms with Gasteiger partial charge in [-0.1, -0.05) is 18.2 Å². The molecule has 0 bridgehead atoms. The second-order valence-corrected chi connectivity index (χ2v) is 6.65. The first-order valence-electron chi connectivity index (χ1n) is 7.69. The van der Waals surface area contributed by atoms with E-state index < -0.39 is 5.54 Å². The van der Waals surface area contributed by atoms with E-state index in [9.17, 15) is 9.59 Å². The Labute approximate surface area is 139 Å². The van der Waals surface area contributed by atoms with Gasteiger partial charge in [-0.2, -0.15) is 11.8 Å². The summed E-state index contributed by atoms with van der Waals surface area (Å²) >= 11 is 1.70. The Hall–Kier alpha value is -1.73. The first-order valence-corrected chi connectivity index (χ1v) is 8.84. The van der Waals surface area contributed by atoms with Crippen LogP contribution < -0.4 is 10.1 Å². The summed E-state index contributed by atoms with van der Waals surface area (Å²) in [5.74, 6) is 2.26. The highest BCUT2D eigenvalue weighted by Crippen LogP contribution is 2.33. The van der Waals surface area contributed by atoms with E-state index in [1.165, 1.54) is 4.90 Å². The Morgan fingerprint density at radius 1 is 1.17 bits per heavy atom. The smallest absolute Gasteiger partial charge is 0.325 e. The van der Waals surface area contributed by atoms with Crippen LogP contribution in [0.25, 0.3) is 0 Å². The van der Waals surface area contributed by atoms with Gasteiger partial charge in [-0.15, -0.1) is 0 Å². The van der Waals surface area contributed by atoms with Crippen molar-refractivity contribution in [3.05, 3.63) is 30.3 Å². The molecule has 2 aliphatic rings. The summed E-state index contributed by atoms with van der Waals surface area (Å²) in [6.07, 6.45) is 0.713. The number of para-hydroxylation sites is 1. The molecule has 1 aromatic rings. The fourth-order valence-corrected chi connectivity index (χ4v) is 4.03. The van der Waals surface area contributed by atoms with E-state index in [1.807, 2.05) is 30.3 Å². The minimum absolute atomic E-state index is 0.114. The van der Waals surface area contributed by atoms with Crippen LogP contribution in [0.3, 0.4) is 0 Å². The van der Waals surface area contributed by atoms with Crippen LogP contribution in [-0.2, 0) is 9.53 Å². The number of rotatable bonds is 7. The minimum atomic E-state index is -0.668. The fraction of sp³-hybridized carbons (Fsp3) is 0.500. The number of nitrogens with one attached hydrogen (secondary N) is 1. The molecule has 1 spiro atoms. The average molecular weight is 336 g/mol. The van der Waals surface area contributed by atoms with E-state index in [1.54, 1.807) is 11.8 Å². The summed E-state index contributed by atoms with van der Waals surface area (Å²) in [5.41, 5.74) is -0.668. The number of hydrogen-bond acceptors (Lipinski definition) is 5. The highest BCUT2D eigenvalue weighted by Gasteiger charge is 2.52. The zero-order valence-corrected chi connectivity index (χ0v) is 13.6. The molecule has 7 heteroatoms. The Morgan fingerprint density at radius 2 is 2.00 bits per heavy atom. The van der Waals surface area contributed by atoms with Crippen molar-refractivity contribution in [2.75, 3.05) is 37.9 Å². The number of benzene rings is 1. The van der Waals surface area contributed by atoms with Crippen LogP contribution in [0, 0.1) is 0 Å². The summed E-state index contributed by atoms with van der Waals surface area (Å²) in [6.45, 7) is 1.45. The molecule has 3 rings (SSSR count). The highest BCUT2D eigenvalue weighted by atomic mass is 32.2. The minimum Gasteiger partial charge on any atom is -0.491 e. The molecule has 0 aliphatic carbocycles. The number of nitrogens with zero attached hydrogens (tertiary/aromatic N) is 1. The van der Waals surface area contributed by atoms with Crippen LogP contribution >= 0.6 is 11.8 Å². The van der Waals surface area contributed by atoms with Crippen molar-refractivity contribution < 1.29 is 19.1 Å². The Kier molecular flexibility index (Phi) is 5.07. The Bertz CT molecular complexity index is 560. The molecule has 2 aliphatic heterocycles. The average Bonchev–Trinajstić information content (AvgIpc) is 3.12. The summed E-state index contributed by atoms with van der Waals surface area (Å²) in [4.78, 5) is 25.6. The van der Waals surface area contributed by atoms with E-state index >= 15 is 0 Å². The molecule has 3 amide bonds. The van der Waals surface area contributed by atoms with Crippen molar-refractivity contribution in [1.29, 1.82) is 0 Å². The van der Waals surface area contributed by atoms with E-state index in [2.05, 4.69) is 5.32 Å². The lowest BCUT2D eigenvalue weighted by molar-refractivity contribution is -0.131. The lowest BCUT2D eigenvalue weighted by Gasteiger charge is -2.19. The Balaban J connectivity index is 1.36. The number of ether oxygens (including phenoxy) is 2. The molecule has 6 nitrogen and oxygen atoms in total. The van der Waals surface area contributed by atoms with Gasteiger partial charge in [0.15, 0.2) is 0 Å². The lowest BCUT2D eigenvalue weighted by Crippen LogP contribution is -2.47. The molecule has 0 radical (unpaired) electrons. The number of carbonyl (C=O) groups is 2. The predicted octanol–water partition coefficient (Wildman–Crippen LogP) is 1.51. The van der Waals surface area contributed by atoms with Gasteiger partial charge < -0.3 is 14.8 Å². The second-order valence-electron chi connectivity index (χ2n) is 5.55. The molecule has 2 saturated heterocycles. The van der Waals surface area contributed by atoms with Crippen LogP contribution in [0.4, 0.5) is 4.79 Å². The topological polar surface area (TPSA) is 67.9 Å². The molecule has 0 saturated carbocycles. The normalized spacial score (nSPS) is 23.6. The van der Waals surface area contributed by atoms with Crippen molar-refractivity contribution >= 4 is 23.7 Å². The maximum Gasteiger partial charge on any atom is 0.325 e. The van der Waals surface area contributed by atoms with Crippen LogP contribution in [0.2, 0.25) is 0 Å². The molecule has 2 fully saturated rings. The summed E-state index contributed by atoms with van der Waals surface area (Å²) in [7, 11) is 0. The SMILES string of the molecule is O=C1N[C@]2(CCSC2)C(=O)N1CCOCCOc1ccccc1. The summed E-state index contributed by atoms with van der Waals surface area (Å²) in [5, 5.41) is 2.84. The number of thioether (sulfide) groups is 1. The van der Waals surface area contributed by atoms with Gasteiger partial charge in [-0.3, -0.25) is 9.69 Å². The van der Waals surface area contributed by atoms with Gasteiger partial charge in [0.25, 0.3) is 5.91 Å². The van der Waals surface area contributed by atoms with Gasteiger partial charge in [-0.05, 0) is 24.3 Å². The van der Waals surface area contributed by atoms with Crippen LogP contribution in [0.5, 0.6) is 5.75 Å². The standard InChI is InChI=1S/C16H20N2O4S/c19-14-16(6-11-23-12-16)17-15(20)18(14)7-8-21-9-10-22-13-4-2-1-3-5-13/h1-5H,6-12H2,(H,17,20)/t16-/m0/s1. The van der Waals surface area contributed by atoms with Crippen LogP contribution in [0.1, 0.15) is 6.42 Å². The van der Waals surface area contributed by atoms with Crippen LogP contribution in [0.15, 0.2) is 30.3 Å². The molecule has 124 valence electrons. The molecule has 2 heterocycles. The molecule has 0 unspecified atom stereocenters. The fourth-order valence-electron chi connectivity index (χ4n) is 2.70. The largest absolute Gasteiger partial charge is 0.491 e. The van der Waals surface area contributed by atoms with E-state index in [4.69, 9.17) is 9.47 Å². The van der Waals surface area contributed by atoms with Crippen molar-refractivity contribution in [3.63, 3.8) is 0 Å². The van der Waals surface area contributed by atoms with E-state index in [0.29, 0.717) is 32.0 Å². The molecular weight excluding hydrogens is 316 g/mol. The van der Waals surface area contributed by atoms with E-state index in [0.717, 1.165) is 11.5 Å². The number of hydrogen-bond donors (Lipinski definition) is 1. The van der Waals surface area contributed by atoms with Crippen molar-refractivity contribution in [2.24, 2.45) is 0 Å². The van der Waals surface area contributed by atoms with E-state index in [-0.39, 0.29) is 18.5 Å². The number of imide groups is 1. The number of urea groups is 1. The lowest BCUT2D eigenvalue weighted by atomic mass is 9.99. The van der Waals surface area contributed by atoms with Gasteiger partial charge in [0, 0.05) is 5.75 Å². The second kappa shape index (κ2) is 7.23. The predicted molar refractivity (Wildman–Crippen MR) is 87.7 cm³/mol. The number of amides is 3. The van der Waals surface area contributed by atoms with Crippen LogP contribution in [-0.4, -0.2) is 60.2 Å². The maximum absolute atomic E-state index is 12.4. The number of carbonyl (C=O) groups excluding carboxylic acids is 2. The third kappa shape index (κ3) is 3.61. The molecule has 1 atom stereocenters. The zero-order chi connectivity index (χ0) is 16.1. The van der Waals surface area contributed by atoms with Gasteiger partial charge in [0.2, 0.25) is 0 Å². The Morgan fingerprint density at radius 3 is 2.74 bits per heavy atom. The van der Waals surface area contributed by atoms with Gasteiger partial charge in [0.1, 0.15) is 17.9 Å². The molecule has 0 aromatic heterocycles. The zero-order valence-electron chi connectivity index (χ0n) is 12.8. The van der Waals surface area contributed by atoms with Gasteiger partial charge in [-0.25, -0.2) is 4.79 Å². The molecule has 1 aromatic carbocycles.